The number of rotatable bonds is 5. The average Bonchev–Trinajstić information content (AvgIpc) is 2.79. The largest absolute Gasteiger partial charge is 0.289 e. The van der Waals surface area contributed by atoms with Gasteiger partial charge in [-0.05, 0) is 23.3 Å². The highest BCUT2D eigenvalue weighted by Crippen LogP contribution is 2.26. The number of hydrogen-bond donors (Lipinski definition) is 0. The first-order valence-corrected chi connectivity index (χ1v) is 8.99. The average molecular weight is 363 g/mol. The van der Waals surface area contributed by atoms with E-state index in [0.717, 1.165) is 11.1 Å². The highest BCUT2D eigenvalue weighted by atomic mass is 16.1. The Kier molecular flexibility index (Phi) is 4.89. The molecule has 3 heteroatoms. The van der Waals surface area contributed by atoms with Gasteiger partial charge in [-0.3, -0.25) is 14.6 Å². The number of carbonyl (C=O) groups excluding carboxylic acids is 2. The zero-order valence-electron chi connectivity index (χ0n) is 15.1. The van der Waals surface area contributed by atoms with Crippen molar-refractivity contribution in [1.29, 1.82) is 0 Å². The maximum absolute atomic E-state index is 12.9. The monoisotopic (exact) mass is 363 g/mol. The van der Waals surface area contributed by atoms with Gasteiger partial charge in [0.15, 0.2) is 5.78 Å². The highest BCUT2D eigenvalue weighted by Gasteiger charge is 2.16. The summed E-state index contributed by atoms with van der Waals surface area (Å²) in [5.74, 6) is -0.148. The third kappa shape index (κ3) is 3.51. The van der Waals surface area contributed by atoms with E-state index in [1.807, 2.05) is 48.5 Å². The number of hydrogen-bond acceptors (Lipinski definition) is 3. The third-order valence-corrected chi connectivity index (χ3v) is 4.56. The summed E-state index contributed by atoms with van der Waals surface area (Å²) >= 11 is 0. The number of pyridine rings is 1. The second kappa shape index (κ2) is 7.80. The first kappa shape index (κ1) is 17.6. The Morgan fingerprint density at radius 1 is 0.571 bits per heavy atom. The second-order valence-corrected chi connectivity index (χ2v) is 6.36. The summed E-state index contributed by atoms with van der Waals surface area (Å²) in [7, 11) is 0. The molecule has 1 aromatic heterocycles. The van der Waals surface area contributed by atoms with Crippen LogP contribution in [-0.2, 0) is 0 Å². The van der Waals surface area contributed by atoms with E-state index in [0.29, 0.717) is 22.4 Å². The molecular formula is C25H17NO2. The number of nitrogens with zero attached hydrogens (tertiary/aromatic N) is 1. The van der Waals surface area contributed by atoms with Gasteiger partial charge in [0.2, 0.25) is 5.78 Å². The number of ketones is 2. The van der Waals surface area contributed by atoms with E-state index in [1.165, 1.54) is 0 Å². The molecule has 0 unspecified atom stereocenters. The lowest BCUT2D eigenvalue weighted by Gasteiger charge is -2.09. The number of aromatic nitrogens is 1. The van der Waals surface area contributed by atoms with Crippen molar-refractivity contribution in [2.75, 3.05) is 0 Å². The predicted molar refractivity (Wildman–Crippen MR) is 109 cm³/mol. The van der Waals surface area contributed by atoms with Crippen molar-refractivity contribution in [1.82, 2.24) is 4.98 Å². The molecule has 0 saturated heterocycles. The van der Waals surface area contributed by atoms with E-state index >= 15 is 0 Å². The highest BCUT2D eigenvalue weighted by molar-refractivity contribution is 6.12. The van der Waals surface area contributed by atoms with E-state index in [-0.39, 0.29) is 11.6 Å². The fourth-order valence-electron chi connectivity index (χ4n) is 3.13. The number of benzene rings is 3. The van der Waals surface area contributed by atoms with Crippen LogP contribution in [0.3, 0.4) is 0 Å². The summed E-state index contributed by atoms with van der Waals surface area (Å²) in [5, 5.41) is 0. The van der Waals surface area contributed by atoms with Crippen molar-refractivity contribution in [2.24, 2.45) is 0 Å². The first-order chi connectivity index (χ1) is 13.7. The number of carbonyl (C=O) groups is 2. The lowest BCUT2D eigenvalue weighted by atomic mass is 9.94. The van der Waals surface area contributed by atoms with Crippen LogP contribution in [-0.4, -0.2) is 16.6 Å². The zero-order valence-corrected chi connectivity index (χ0v) is 15.1. The van der Waals surface area contributed by atoms with Crippen LogP contribution >= 0.6 is 0 Å². The van der Waals surface area contributed by atoms with Crippen LogP contribution in [0.25, 0.3) is 11.1 Å². The molecule has 134 valence electrons. The predicted octanol–water partition coefficient (Wildman–Crippen LogP) is 5.21. The summed E-state index contributed by atoms with van der Waals surface area (Å²) in [6.07, 6.45) is 1.61. The minimum Gasteiger partial charge on any atom is -0.289 e. The Labute approximate surface area is 163 Å². The molecule has 0 N–H and O–H groups in total. The molecular weight excluding hydrogens is 346 g/mol. The Morgan fingerprint density at radius 2 is 1.21 bits per heavy atom. The molecule has 4 aromatic rings. The van der Waals surface area contributed by atoms with Crippen molar-refractivity contribution in [2.45, 2.75) is 0 Å². The summed E-state index contributed by atoms with van der Waals surface area (Å²) in [4.78, 5) is 29.6. The molecule has 0 fully saturated rings. The lowest BCUT2D eigenvalue weighted by molar-refractivity contribution is 0.102. The van der Waals surface area contributed by atoms with Gasteiger partial charge in [-0.2, -0.15) is 0 Å². The Hall–Kier alpha value is -3.85. The molecule has 1 heterocycles. The van der Waals surface area contributed by atoms with Gasteiger partial charge in [-0.1, -0.05) is 84.9 Å². The van der Waals surface area contributed by atoms with Crippen molar-refractivity contribution >= 4 is 11.6 Å². The quantitative estimate of drug-likeness (QED) is 0.457. The molecule has 0 atom stereocenters. The second-order valence-electron chi connectivity index (χ2n) is 6.36. The van der Waals surface area contributed by atoms with Crippen LogP contribution in [0, 0.1) is 0 Å². The topological polar surface area (TPSA) is 47.0 Å². The summed E-state index contributed by atoms with van der Waals surface area (Å²) < 4.78 is 0. The summed E-state index contributed by atoms with van der Waals surface area (Å²) in [6, 6.07) is 29.3. The van der Waals surface area contributed by atoms with Crippen LogP contribution in [0.15, 0.2) is 103 Å². The van der Waals surface area contributed by atoms with Crippen LogP contribution in [0.4, 0.5) is 0 Å². The fraction of sp³-hybridized carbons (Fsp3) is 0. The molecule has 0 aliphatic rings. The van der Waals surface area contributed by atoms with Gasteiger partial charge in [-0.25, -0.2) is 0 Å². The standard InChI is InChI=1S/C25H17NO2/c27-24(19-8-2-1-3-9-19)20-15-13-18(14-16-20)21-10-4-5-11-22(21)25(28)23-12-6-7-17-26-23/h1-17H. The van der Waals surface area contributed by atoms with Crippen LogP contribution < -0.4 is 0 Å². The summed E-state index contributed by atoms with van der Waals surface area (Å²) in [6.45, 7) is 0. The van der Waals surface area contributed by atoms with Gasteiger partial charge in [0.25, 0.3) is 0 Å². The molecule has 0 bridgehead atoms. The van der Waals surface area contributed by atoms with Crippen LogP contribution in [0.5, 0.6) is 0 Å². The van der Waals surface area contributed by atoms with Gasteiger partial charge < -0.3 is 0 Å². The van der Waals surface area contributed by atoms with E-state index in [1.54, 1.807) is 54.7 Å². The molecule has 3 aromatic carbocycles. The van der Waals surface area contributed by atoms with Gasteiger partial charge in [0.05, 0.1) is 0 Å². The maximum Gasteiger partial charge on any atom is 0.211 e. The molecule has 0 aliphatic carbocycles. The molecule has 0 spiro atoms. The van der Waals surface area contributed by atoms with E-state index < -0.39 is 0 Å². The van der Waals surface area contributed by atoms with E-state index in [4.69, 9.17) is 0 Å². The summed E-state index contributed by atoms with van der Waals surface area (Å²) in [5.41, 5.74) is 3.96. The fourth-order valence-corrected chi connectivity index (χ4v) is 3.13. The molecule has 0 saturated carbocycles. The van der Waals surface area contributed by atoms with Crippen molar-refractivity contribution in [3.8, 4) is 11.1 Å². The smallest absolute Gasteiger partial charge is 0.211 e. The van der Waals surface area contributed by atoms with Gasteiger partial charge in [-0.15, -0.1) is 0 Å². The minimum atomic E-state index is -0.124. The van der Waals surface area contributed by atoms with E-state index in [9.17, 15) is 9.59 Å². The van der Waals surface area contributed by atoms with Crippen molar-refractivity contribution in [3.05, 3.63) is 126 Å². The zero-order chi connectivity index (χ0) is 19.3. The van der Waals surface area contributed by atoms with Crippen LogP contribution in [0.2, 0.25) is 0 Å². The Bertz CT molecular complexity index is 1120. The van der Waals surface area contributed by atoms with Crippen molar-refractivity contribution < 1.29 is 9.59 Å². The third-order valence-electron chi connectivity index (χ3n) is 4.56. The SMILES string of the molecule is O=C(c1ccccc1)c1ccc(-c2ccccc2C(=O)c2ccccn2)cc1. The molecule has 0 radical (unpaired) electrons. The molecule has 28 heavy (non-hydrogen) atoms. The molecule has 3 nitrogen and oxygen atoms in total. The maximum atomic E-state index is 12.9. The van der Waals surface area contributed by atoms with Crippen molar-refractivity contribution in [3.63, 3.8) is 0 Å². The Morgan fingerprint density at radius 3 is 1.93 bits per heavy atom. The Balaban J connectivity index is 1.67. The molecule has 0 amide bonds. The minimum absolute atomic E-state index is 0.0232. The van der Waals surface area contributed by atoms with Gasteiger partial charge in [0.1, 0.15) is 5.69 Å². The first-order valence-electron chi connectivity index (χ1n) is 8.99. The normalized spacial score (nSPS) is 10.4. The van der Waals surface area contributed by atoms with Gasteiger partial charge >= 0.3 is 0 Å². The van der Waals surface area contributed by atoms with Gasteiger partial charge in [0, 0.05) is 22.9 Å². The molecule has 4 rings (SSSR count). The lowest BCUT2D eigenvalue weighted by Crippen LogP contribution is -2.05. The molecule has 0 aliphatic heterocycles. The van der Waals surface area contributed by atoms with E-state index in [2.05, 4.69) is 4.98 Å². The van der Waals surface area contributed by atoms with Crippen LogP contribution in [0.1, 0.15) is 32.0 Å².